The van der Waals surface area contributed by atoms with Crippen LogP contribution < -0.4 is 4.90 Å². The van der Waals surface area contributed by atoms with Gasteiger partial charge in [0, 0.05) is 69.5 Å². The minimum absolute atomic E-state index is 0.286. The number of piperazine rings is 1. The van der Waals surface area contributed by atoms with Crippen LogP contribution in [0.4, 0.5) is 10.5 Å². The lowest BCUT2D eigenvalue weighted by Crippen LogP contribution is -2.47. The maximum absolute atomic E-state index is 12.3. The van der Waals surface area contributed by atoms with Crippen LogP contribution in [0.3, 0.4) is 0 Å². The molecule has 1 atom stereocenters. The predicted octanol–water partition coefficient (Wildman–Crippen LogP) is 2.73. The van der Waals surface area contributed by atoms with Crippen LogP contribution in [0.2, 0.25) is 5.02 Å². The number of hydrogen-bond acceptors (Lipinski definition) is 4. The summed E-state index contributed by atoms with van der Waals surface area (Å²) in [5.74, 6) is 0.297. The summed E-state index contributed by atoms with van der Waals surface area (Å²) in [4.78, 5) is 31.7. The number of carboxylic acid groups (broad SMARTS) is 1. The fourth-order valence-electron chi connectivity index (χ4n) is 4.73. The van der Waals surface area contributed by atoms with Gasteiger partial charge in [-0.25, -0.2) is 4.79 Å². The lowest BCUT2D eigenvalue weighted by Gasteiger charge is -2.34. The number of hydrogen-bond donors (Lipinski definition) is 1. The molecule has 158 valence electrons. The van der Waals surface area contributed by atoms with E-state index in [1.165, 1.54) is 10.5 Å². The Morgan fingerprint density at radius 1 is 1.10 bits per heavy atom. The van der Waals surface area contributed by atoms with E-state index in [0.29, 0.717) is 25.4 Å². The zero-order valence-corrected chi connectivity index (χ0v) is 17.5. The van der Waals surface area contributed by atoms with E-state index in [4.69, 9.17) is 16.7 Å². The van der Waals surface area contributed by atoms with Crippen LogP contribution in [0.1, 0.15) is 31.2 Å². The molecular formula is C21H29ClN4O3. The molecule has 3 aliphatic heterocycles. The third-order valence-electron chi connectivity index (χ3n) is 6.39. The molecule has 29 heavy (non-hydrogen) atoms. The van der Waals surface area contributed by atoms with Gasteiger partial charge in [-0.1, -0.05) is 17.7 Å². The molecular weight excluding hydrogens is 392 g/mol. The van der Waals surface area contributed by atoms with Crippen molar-refractivity contribution in [1.29, 1.82) is 0 Å². The first-order chi connectivity index (χ1) is 14.0. The maximum Gasteiger partial charge on any atom is 0.407 e. The Kier molecular flexibility index (Phi) is 6.15. The summed E-state index contributed by atoms with van der Waals surface area (Å²) in [5.41, 5.74) is 2.36. The van der Waals surface area contributed by atoms with E-state index in [1.807, 2.05) is 12.1 Å². The van der Waals surface area contributed by atoms with Crippen molar-refractivity contribution in [2.45, 2.75) is 38.3 Å². The number of carbonyl (C=O) groups excluding carboxylic acids is 1. The van der Waals surface area contributed by atoms with E-state index < -0.39 is 6.09 Å². The second-order valence-electron chi connectivity index (χ2n) is 8.25. The minimum Gasteiger partial charge on any atom is -0.465 e. The van der Waals surface area contributed by atoms with Crippen LogP contribution in [-0.2, 0) is 11.3 Å². The Labute approximate surface area is 176 Å². The summed E-state index contributed by atoms with van der Waals surface area (Å²) < 4.78 is 0. The number of piperidine rings is 1. The first kappa shape index (κ1) is 20.3. The molecule has 1 N–H and O–H groups in total. The molecule has 3 saturated heterocycles. The van der Waals surface area contributed by atoms with Crippen LogP contribution in [0, 0.1) is 0 Å². The standard InChI is InChI=1S/C21H29ClN4O3/c22-17-5-4-16(14-23-9-11-24(12-10-23)21(28)29)19(13-17)25-8-6-18(15-25)26-7-2-1-3-20(26)27/h4-5,13,18H,1-3,6-12,14-15H2,(H,28,29)/t18-/m1/s1. The third-order valence-corrected chi connectivity index (χ3v) is 6.62. The first-order valence-corrected chi connectivity index (χ1v) is 10.9. The zero-order valence-electron chi connectivity index (χ0n) is 16.7. The van der Waals surface area contributed by atoms with Gasteiger partial charge in [-0.2, -0.15) is 0 Å². The van der Waals surface area contributed by atoms with Gasteiger partial charge in [0.15, 0.2) is 0 Å². The number of anilines is 1. The molecule has 3 heterocycles. The molecule has 7 nitrogen and oxygen atoms in total. The average molecular weight is 421 g/mol. The van der Waals surface area contributed by atoms with E-state index in [2.05, 4.69) is 20.8 Å². The highest BCUT2D eigenvalue weighted by Gasteiger charge is 2.33. The van der Waals surface area contributed by atoms with Gasteiger partial charge in [-0.3, -0.25) is 9.69 Å². The van der Waals surface area contributed by atoms with Crippen molar-refractivity contribution in [3.05, 3.63) is 28.8 Å². The molecule has 0 saturated carbocycles. The highest BCUT2D eigenvalue weighted by Crippen LogP contribution is 2.31. The Balaban J connectivity index is 1.43. The Hall–Kier alpha value is -1.99. The Morgan fingerprint density at radius 3 is 2.62 bits per heavy atom. The van der Waals surface area contributed by atoms with Gasteiger partial charge in [0.2, 0.25) is 5.91 Å². The first-order valence-electron chi connectivity index (χ1n) is 10.5. The number of halogens is 1. The molecule has 1 aromatic carbocycles. The van der Waals surface area contributed by atoms with Gasteiger partial charge in [0.1, 0.15) is 0 Å². The van der Waals surface area contributed by atoms with Crippen molar-refractivity contribution in [2.75, 3.05) is 50.7 Å². The quantitative estimate of drug-likeness (QED) is 0.811. The summed E-state index contributed by atoms with van der Waals surface area (Å²) >= 11 is 6.32. The van der Waals surface area contributed by atoms with Gasteiger partial charge in [-0.15, -0.1) is 0 Å². The molecule has 0 spiro atoms. The largest absolute Gasteiger partial charge is 0.465 e. The predicted molar refractivity (Wildman–Crippen MR) is 113 cm³/mol. The Morgan fingerprint density at radius 2 is 1.90 bits per heavy atom. The van der Waals surface area contributed by atoms with E-state index in [0.717, 1.165) is 69.2 Å². The third kappa shape index (κ3) is 4.61. The topological polar surface area (TPSA) is 67.3 Å². The van der Waals surface area contributed by atoms with Gasteiger partial charge in [0.05, 0.1) is 6.04 Å². The van der Waals surface area contributed by atoms with E-state index in [-0.39, 0.29) is 6.04 Å². The summed E-state index contributed by atoms with van der Waals surface area (Å²) in [7, 11) is 0. The number of rotatable bonds is 4. The maximum atomic E-state index is 12.3. The normalized spacial score (nSPS) is 23.7. The molecule has 0 aromatic heterocycles. The average Bonchev–Trinajstić information content (AvgIpc) is 3.20. The van der Waals surface area contributed by atoms with Crippen molar-refractivity contribution in [1.82, 2.24) is 14.7 Å². The van der Waals surface area contributed by atoms with Crippen LogP contribution >= 0.6 is 11.6 Å². The number of nitrogens with zero attached hydrogens (tertiary/aromatic N) is 4. The van der Waals surface area contributed by atoms with Crippen LogP contribution in [0.5, 0.6) is 0 Å². The molecule has 3 fully saturated rings. The number of likely N-dealkylation sites (tertiary alicyclic amines) is 1. The highest BCUT2D eigenvalue weighted by molar-refractivity contribution is 6.30. The van der Waals surface area contributed by atoms with E-state index in [1.54, 1.807) is 0 Å². The molecule has 0 aliphatic carbocycles. The highest BCUT2D eigenvalue weighted by atomic mass is 35.5. The van der Waals surface area contributed by atoms with Crippen molar-refractivity contribution in [2.24, 2.45) is 0 Å². The second-order valence-corrected chi connectivity index (χ2v) is 8.69. The van der Waals surface area contributed by atoms with Crippen LogP contribution in [0.25, 0.3) is 0 Å². The van der Waals surface area contributed by atoms with Gasteiger partial charge in [-0.05, 0) is 37.0 Å². The number of benzene rings is 1. The van der Waals surface area contributed by atoms with Gasteiger partial charge >= 0.3 is 6.09 Å². The molecule has 0 unspecified atom stereocenters. The summed E-state index contributed by atoms with van der Waals surface area (Å²) in [6.07, 6.45) is 2.95. The fraction of sp³-hybridized carbons (Fsp3) is 0.619. The molecule has 0 radical (unpaired) electrons. The van der Waals surface area contributed by atoms with Crippen molar-refractivity contribution in [3.8, 4) is 0 Å². The smallest absolute Gasteiger partial charge is 0.407 e. The summed E-state index contributed by atoms with van der Waals surface area (Å²) in [5, 5.41) is 9.86. The lowest BCUT2D eigenvalue weighted by molar-refractivity contribution is -0.135. The molecule has 4 rings (SSSR count). The van der Waals surface area contributed by atoms with Crippen LogP contribution in [0.15, 0.2) is 18.2 Å². The molecule has 1 aromatic rings. The molecule has 2 amide bonds. The number of amides is 2. The minimum atomic E-state index is -0.841. The lowest BCUT2D eigenvalue weighted by atomic mass is 10.1. The molecule has 3 aliphatic rings. The molecule has 8 heteroatoms. The SMILES string of the molecule is O=C(O)N1CCN(Cc2ccc(Cl)cc2N2CC[C@@H](N3CCCCC3=O)C2)CC1. The molecule has 0 bridgehead atoms. The zero-order chi connectivity index (χ0) is 20.4. The Bertz CT molecular complexity index is 766. The van der Waals surface area contributed by atoms with Crippen molar-refractivity contribution < 1.29 is 14.7 Å². The van der Waals surface area contributed by atoms with Gasteiger partial charge < -0.3 is 19.8 Å². The van der Waals surface area contributed by atoms with Crippen molar-refractivity contribution >= 4 is 29.3 Å². The summed E-state index contributed by atoms with van der Waals surface area (Å²) in [6.45, 7) is 6.00. The fourth-order valence-corrected chi connectivity index (χ4v) is 4.90. The van der Waals surface area contributed by atoms with Crippen LogP contribution in [-0.4, -0.2) is 83.7 Å². The second kappa shape index (κ2) is 8.79. The van der Waals surface area contributed by atoms with E-state index >= 15 is 0 Å². The van der Waals surface area contributed by atoms with Crippen molar-refractivity contribution in [3.63, 3.8) is 0 Å². The van der Waals surface area contributed by atoms with Gasteiger partial charge in [0.25, 0.3) is 0 Å². The monoisotopic (exact) mass is 420 g/mol. The number of carbonyl (C=O) groups is 2. The van der Waals surface area contributed by atoms with E-state index in [9.17, 15) is 9.59 Å². The summed E-state index contributed by atoms with van der Waals surface area (Å²) in [6, 6.07) is 6.33.